The average Bonchev–Trinajstić information content (AvgIpc) is 2.62. The maximum absolute atomic E-state index is 10.5. The molecule has 1 aromatic heterocycles. The Hall–Kier alpha value is -2.83. The van der Waals surface area contributed by atoms with E-state index in [1.165, 1.54) is 12.1 Å². The molecule has 0 saturated carbocycles. The molecule has 26 heavy (non-hydrogen) atoms. The summed E-state index contributed by atoms with van der Waals surface area (Å²) in [6.07, 6.45) is 0. The zero-order valence-electron chi connectivity index (χ0n) is 14.5. The third-order valence-electron chi connectivity index (χ3n) is 4.09. The summed E-state index contributed by atoms with van der Waals surface area (Å²) in [6.45, 7) is 1.59. The standard InChI is InChI=1S/C13H11N2.C7H8O3S/c1-15-12-8-4-2-6-10(12)14-11-7-3-5-9-13(11)15;1-6-4-2-3-5-7(6)11(8,9)10/h2-9H,1H3;2-5H,1H3,(H,8,9,10)/q+1;/p-1. The minimum Gasteiger partial charge on any atom is -0.744 e. The van der Waals surface area contributed by atoms with Crippen LogP contribution in [0, 0.1) is 6.92 Å². The number of rotatable bonds is 1. The van der Waals surface area contributed by atoms with Crippen LogP contribution in [0.15, 0.2) is 77.7 Å². The Kier molecular flexibility index (Phi) is 4.97. The van der Waals surface area contributed by atoms with Crippen LogP contribution < -0.4 is 4.57 Å². The first-order valence-electron chi connectivity index (χ1n) is 8.03. The number of hydrogen-bond donors (Lipinski definition) is 0. The Morgan fingerprint density at radius 2 is 1.27 bits per heavy atom. The molecule has 0 aliphatic carbocycles. The van der Waals surface area contributed by atoms with Gasteiger partial charge in [-0.2, -0.15) is 4.57 Å². The van der Waals surface area contributed by atoms with E-state index in [4.69, 9.17) is 0 Å². The first kappa shape index (κ1) is 18.0. The maximum atomic E-state index is 10.5. The molecule has 0 amide bonds. The monoisotopic (exact) mass is 366 g/mol. The lowest BCUT2D eigenvalue weighted by Gasteiger charge is -2.08. The van der Waals surface area contributed by atoms with Crippen molar-refractivity contribution in [3.63, 3.8) is 0 Å². The molecule has 0 unspecified atom stereocenters. The maximum Gasteiger partial charge on any atom is 0.231 e. The summed E-state index contributed by atoms with van der Waals surface area (Å²) < 4.78 is 33.7. The van der Waals surface area contributed by atoms with Crippen LogP contribution in [0.5, 0.6) is 0 Å². The van der Waals surface area contributed by atoms with Crippen LogP contribution in [0.1, 0.15) is 5.56 Å². The van der Waals surface area contributed by atoms with Gasteiger partial charge in [0.05, 0.1) is 4.90 Å². The zero-order chi connectivity index (χ0) is 18.7. The minimum atomic E-state index is -4.28. The summed E-state index contributed by atoms with van der Waals surface area (Å²) >= 11 is 0. The van der Waals surface area contributed by atoms with Crippen LogP contribution in [0.25, 0.3) is 22.1 Å². The predicted molar refractivity (Wildman–Crippen MR) is 99.6 cm³/mol. The third kappa shape index (κ3) is 3.71. The highest BCUT2D eigenvalue weighted by Gasteiger charge is 2.10. The molecule has 4 rings (SSSR count). The van der Waals surface area contributed by atoms with Gasteiger partial charge in [-0.05, 0) is 30.7 Å². The normalized spacial score (nSPS) is 11.2. The number of aromatic nitrogens is 2. The predicted octanol–water partition coefficient (Wildman–Crippen LogP) is 3.11. The quantitative estimate of drug-likeness (QED) is 0.295. The Balaban J connectivity index is 0.000000160. The van der Waals surface area contributed by atoms with E-state index in [9.17, 15) is 13.0 Å². The smallest absolute Gasteiger partial charge is 0.231 e. The Bertz CT molecular complexity index is 1130. The second-order valence-corrected chi connectivity index (χ2v) is 7.22. The van der Waals surface area contributed by atoms with Gasteiger partial charge < -0.3 is 4.55 Å². The summed E-state index contributed by atoms with van der Waals surface area (Å²) in [4.78, 5) is 4.48. The van der Waals surface area contributed by atoms with Gasteiger partial charge in [0.1, 0.15) is 28.2 Å². The molecule has 6 heteroatoms. The van der Waals surface area contributed by atoms with Crippen molar-refractivity contribution in [2.75, 3.05) is 0 Å². The van der Waals surface area contributed by atoms with Gasteiger partial charge in [0.2, 0.25) is 11.0 Å². The third-order valence-corrected chi connectivity index (χ3v) is 5.09. The van der Waals surface area contributed by atoms with E-state index in [0.717, 1.165) is 22.1 Å². The molecule has 0 aliphatic rings. The van der Waals surface area contributed by atoms with E-state index in [0.29, 0.717) is 5.56 Å². The van der Waals surface area contributed by atoms with E-state index < -0.39 is 10.1 Å². The summed E-state index contributed by atoms with van der Waals surface area (Å²) in [6, 6.07) is 22.5. The highest BCUT2D eigenvalue weighted by atomic mass is 32.2. The Labute approximate surface area is 152 Å². The highest BCUT2D eigenvalue weighted by molar-refractivity contribution is 7.85. The number of benzene rings is 3. The Morgan fingerprint density at radius 1 is 0.808 bits per heavy atom. The van der Waals surface area contributed by atoms with Crippen LogP contribution in [0.4, 0.5) is 0 Å². The number of aryl methyl sites for hydroxylation is 2. The van der Waals surface area contributed by atoms with Gasteiger partial charge in [-0.25, -0.2) is 13.4 Å². The molecule has 0 radical (unpaired) electrons. The Morgan fingerprint density at radius 3 is 1.73 bits per heavy atom. The minimum absolute atomic E-state index is 0.139. The SMILES string of the molecule is C[n+]1c2ccccc2nc2ccccc21.Cc1ccccc1S(=O)(=O)[O-]. The van der Waals surface area contributed by atoms with Crippen LogP contribution in [0.2, 0.25) is 0 Å². The molecule has 0 fully saturated rings. The number of hydrogen-bond acceptors (Lipinski definition) is 4. The summed E-state index contributed by atoms with van der Waals surface area (Å²) in [5.74, 6) is 0. The lowest BCUT2D eigenvalue weighted by atomic mass is 10.2. The van der Waals surface area contributed by atoms with E-state index in [-0.39, 0.29) is 4.90 Å². The number of nitrogens with zero attached hydrogens (tertiary/aromatic N) is 2. The fraction of sp³-hybridized carbons (Fsp3) is 0.100. The average molecular weight is 366 g/mol. The molecule has 0 bridgehead atoms. The van der Waals surface area contributed by atoms with Gasteiger partial charge in [0.15, 0.2) is 0 Å². The second-order valence-electron chi connectivity index (χ2n) is 5.87. The molecule has 1 heterocycles. The lowest BCUT2D eigenvalue weighted by Crippen LogP contribution is -2.30. The van der Waals surface area contributed by atoms with Gasteiger partial charge >= 0.3 is 0 Å². The van der Waals surface area contributed by atoms with Crippen LogP contribution in [-0.2, 0) is 17.2 Å². The van der Waals surface area contributed by atoms with Gasteiger partial charge in [-0.3, -0.25) is 0 Å². The van der Waals surface area contributed by atoms with Crippen molar-refractivity contribution >= 4 is 32.2 Å². The van der Waals surface area contributed by atoms with Crippen molar-refractivity contribution < 1.29 is 17.5 Å². The molecule has 0 saturated heterocycles. The molecule has 132 valence electrons. The zero-order valence-corrected chi connectivity index (χ0v) is 15.3. The molecule has 0 N–H and O–H groups in total. The topological polar surface area (TPSA) is 74.0 Å². The van der Waals surface area contributed by atoms with Crippen molar-refractivity contribution in [2.24, 2.45) is 7.05 Å². The second kappa shape index (κ2) is 7.19. The van der Waals surface area contributed by atoms with E-state index in [1.807, 2.05) is 36.4 Å². The molecule has 5 nitrogen and oxygen atoms in total. The lowest BCUT2D eigenvalue weighted by molar-refractivity contribution is -0.617. The van der Waals surface area contributed by atoms with E-state index in [2.05, 4.69) is 28.7 Å². The van der Waals surface area contributed by atoms with Crippen LogP contribution in [0.3, 0.4) is 0 Å². The van der Waals surface area contributed by atoms with Crippen LogP contribution in [-0.4, -0.2) is 18.0 Å². The largest absolute Gasteiger partial charge is 0.744 e. The van der Waals surface area contributed by atoms with Crippen molar-refractivity contribution in [2.45, 2.75) is 11.8 Å². The van der Waals surface area contributed by atoms with Crippen molar-refractivity contribution in [3.05, 3.63) is 78.4 Å². The van der Waals surface area contributed by atoms with Gasteiger partial charge in [-0.15, -0.1) is 0 Å². The van der Waals surface area contributed by atoms with Crippen molar-refractivity contribution in [1.29, 1.82) is 0 Å². The number of para-hydroxylation sites is 4. The van der Waals surface area contributed by atoms with Crippen molar-refractivity contribution in [1.82, 2.24) is 4.98 Å². The van der Waals surface area contributed by atoms with Gasteiger partial charge in [-0.1, -0.05) is 42.5 Å². The fourth-order valence-corrected chi connectivity index (χ4v) is 3.49. The summed E-state index contributed by atoms with van der Waals surface area (Å²) in [5.41, 5.74) is 4.90. The molecule has 0 atom stereocenters. The number of fused-ring (bicyclic) bond motifs is 2. The van der Waals surface area contributed by atoms with Crippen LogP contribution >= 0.6 is 0 Å². The van der Waals surface area contributed by atoms with E-state index in [1.54, 1.807) is 19.1 Å². The highest BCUT2D eigenvalue weighted by Crippen LogP contribution is 2.13. The molecular formula is C20H18N2O3S. The van der Waals surface area contributed by atoms with Gasteiger partial charge in [0.25, 0.3) is 0 Å². The molecule has 3 aromatic carbocycles. The molecule has 4 aromatic rings. The molecule has 0 aliphatic heterocycles. The van der Waals surface area contributed by atoms with Crippen molar-refractivity contribution in [3.8, 4) is 0 Å². The summed E-state index contributed by atoms with van der Waals surface area (Å²) in [5, 5.41) is 0. The molecule has 0 spiro atoms. The first-order chi connectivity index (χ1) is 12.4. The van der Waals surface area contributed by atoms with E-state index >= 15 is 0 Å². The fourth-order valence-electron chi connectivity index (χ4n) is 2.78. The van der Waals surface area contributed by atoms with Gasteiger partial charge in [0, 0.05) is 12.1 Å². The molecular weight excluding hydrogens is 348 g/mol. The summed E-state index contributed by atoms with van der Waals surface area (Å²) in [7, 11) is -2.21. The first-order valence-corrected chi connectivity index (χ1v) is 9.44.